The van der Waals surface area contributed by atoms with Crippen molar-refractivity contribution in [1.82, 2.24) is 10.2 Å². The molecule has 5 nitrogen and oxygen atoms in total. The third-order valence-electron chi connectivity index (χ3n) is 2.17. The molecule has 1 N–H and O–H groups in total. The molecule has 0 aromatic carbocycles. The minimum Gasteiger partial charge on any atom is -0.378 e. The number of nitriles is 1. The highest BCUT2D eigenvalue weighted by molar-refractivity contribution is 5.75. The summed E-state index contributed by atoms with van der Waals surface area (Å²) in [5.41, 5.74) is 0.0658. The Balaban J connectivity index is 2.74. The second kappa shape index (κ2) is 5.02. The first kappa shape index (κ1) is 11.1. The summed E-state index contributed by atoms with van der Waals surface area (Å²) in [4.78, 5) is 15.8. The summed E-state index contributed by atoms with van der Waals surface area (Å²) in [6.07, 6.45) is 0.446. The van der Waals surface area contributed by atoms with Crippen LogP contribution in [0.2, 0.25) is 0 Å². The van der Waals surface area contributed by atoms with Gasteiger partial charge < -0.3 is 10.2 Å². The van der Waals surface area contributed by atoms with Gasteiger partial charge in [-0.15, -0.1) is 0 Å². The molecule has 1 rings (SSSR count). The molecule has 0 amide bonds. The van der Waals surface area contributed by atoms with Crippen LogP contribution >= 0.6 is 0 Å². The third kappa shape index (κ3) is 2.72. The molecule has 1 fully saturated rings. The molecule has 0 aliphatic carbocycles. The molecule has 0 unspecified atom stereocenters. The van der Waals surface area contributed by atoms with Crippen molar-refractivity contribution >= 4 is 5.78 Å². The van der Waals surface area contributed by atoms with E-state index in [1.807, 2.05) is 11.0 Å². The Morgan fingerprint density at radius 1 is 1.80 bits per heavy atom. The molecule has 1 saturated heterocycles. The summed E-state index contributed by atoms with van der Waals surface area (Å²) >= 11 is 0. The first-order chi connectivity index (χ1) is 7.19. The van der Waals surface area contributed by atoms with Gasteiger partial charge >= 0.3 is 0 Å². The van der Waals surface area contributed by atoms with Crippen LogP contribution in [0.3, 0.4) is 0 Å². The molecule has 1 aliphatic rings. The Kier molecular flexibility index (Phi) is 3.70. The van der Waals surface area contributed by atoms with Gasteiger partial charge in [0.15, 0.2) is 0 Å². The van der Waals surface area contributed by atoms with Crippen molar-refractivity contribution in [1.29, 1.82) is 5.26 Å². The molecule has 1 heterocycles. The Morgan fingerprint density at radius 2 is 2.53 bits per heavy atom. The highest BCUT2D eigenvalue weighted by Crippen LogP contribution is 2.13. The van der Waals surface area contributed by atoms with Gasteiger partial charge in [0.1, 0.15) is 11.6 Å². The summed E-state index contributed by atoms with van der Waals surface area (Å²) in [6, 6.07) is 1.85. The fraction of sp³-hybridized carbons (Fsp3) is 0.500. The number of ketones is 1. The van der Waals surface area contributed by atoms with Crippen LogP contribution in [0.15, 0.2) is 11.5 Å². The van der Waals surface area contributed by atoms with Gasteiger partial charge in [0.2, 0.25) is 0 Å². The lowest BCUT2D eigenvalue weighted by molar-refractivity contribution is -0.117. The van der Waals surface area contributed by atoms with Gasteiger partial charge in [0.25, 0.3) is 5.70 Å². The van der Waals surface area contributed by atoms with Crippen molar-refractivity contribution in [2.24, 2.45) is 0 Å². The number of Topliss-reactive ketones (excluding diaryl/α,β-unsaturated/α-hetero) is 1. The predicted octanol–water partition coefficient (Wildman–Crippen LogP) is 0.483. The van der Waals surface area contributed by atoms with Gasteiger partial charge in [0.05, 0.1) is 12.6 Å². The number of nitrogens with one attached hydrogen (secondary N) is 1. The summed E-state index contributed by atoms with van der Waals surface area (Å²) in [5.74, 6) is 0.677. The Morgan fingerprint density at radius 3 is 3.07 bits per heavy atom. The van der Waals surface area contributed by atoms with Crippen LogP contribution in [-0.4, -0.2) is 30.3 Å². The van der Waals surface area contributed by atoms with E-state index in [2.05, 4.69) is 10.2 Å². The molecular formula is C10H12N4O. The fourth-order valence-corrected chi connectivity index (χ4v) is 1.41. The number of carbonyl (C=O) groups is 1. The summed E-state index contributed by atoms with van der Waals surface area (Å²) in [7, 11) is 0. The first-order valence-electron chi connectivity index (χ1n) is 4.69. The third-order valence-corrected chi connectivity index (χ3v) is 2.17. The maximum Gasteiger partial charge on any atom is 0.300 e. The second-order valence-corrected chi connectivity index (χ2v) is 3.29. The van der Waals surface area contributed by atoms with Crippen LogP contribution in [0.1, 0.15) is 13.3 Å². The first-order valence-corrected chi connectivity index (χ1v) is 4.69. The molecule has 0 aromatic rings. The number of nitrogens with zero attached hydrogens (tertiary/aromatic N) is 3. The zero-order valence-corrected chi connectivity index (χ0v) is 8.58. The molecule has 0 atom stereocenters. The van der Waals surface area contributed by atoms with Crippen molar-refractivity contribution in [2.45, 2.75) is 13.3 Å². The molecule has 0 radical (unpaired) electrons. The van der Waals surface area contributed by atoms with E-state index in [0.717, 1.165) is 6.54 Å². The number of allylic oxidation sites excluding steroid dienone is 1. The highest BCUT2D eigenvalue weighted by atomic mass is 16.1. The molecule has 0 aromatic heterocycles. The van der Waals surface area contributed by atoms with Crippen molar-refractivity contribution in [3.8, 4) is 6.07 Å². The zero-order valence-electron chi connectivity index (χ0n) is 8.58. The fourth-order valence-electron chi connectivity index (χ4n) is 1.41. The van der Waals surface area contributed by atoms with E-state index in [-0.39, 0.29) is 11.5 Å². The van der Waals surface area contributed by atoms with Gasteiger partial charge in [-0.1, -0.05) is 0 Å². The van der Waals surface area contributed by atoms with Gasteiger partial charge in [-0.3, -0.25) is 4.79 Å². The van der Waals surface area contributed by atoms with Crippen molar-refractivity contribution in [2.75, 3.05) is 19.6 Å². The van der Waals surface area contributed by atoms with E-state index in [1.165, 1.54) is 6.92 Å². The number of hydrogen-bond acceptors (Lipinski definition) is 4. The summed E-state index contributed by atoms with van der Waals surface area (Å²) < 4.78 is 0. The average Bonchev–Trinajstić information content (AvgIpc) is 2.65. The molecule has 78 valence electrons. The highest BCUT2D eigenvalue weighted by Gasteiger charge is 2.20. The number of rotatable bonds is 3. The van der Waals surface area contributed by atoms with Gasteiger partial charge in [-0.05, 0) is 6.92 Å². The standard InChI is InChI=1S/C10H12N4O/c1-8(15)3-5-14-6-4-13-10(14)9(7-11)12-2/h13H,3-6H2,1H3/b10-9-. The van der Waals surface area contributed by atoms with E-state index >= 15 is 0 Å². The smallest absolute Gasteiger partial charge is 0.300 e. The normalized spacial score (nSPS) is 17.7. The maximum atomic E-state index is 10.8. The average molecular weight is 204 g/mol. The maximum absolute atomic E-state index is 10.8. The van der Waals surface area contributed by atoms with E-state index < -0.39 is 0 Å². The molecular weight excluding hydrogens is 192 g/mol. The zero-order chi connectivity index (χ0) is 11.3. The quantitative estimate of drug-likeness (QED) is 0.536. The van der Waals surface area contributed by atoms with Crippen molar-refractivity contribution < 1.29 is 4.79 Å². The second-order valence-electron chi connectivity index (χ2n) is 3.29. The molecule has 15 heavy (non-hydrogen) atoms. The number of hydrogen-bond donors (Lipinski definition) is 1. The monoisotopic (exact) mass is 204 g/mol. The van der Waals surface area contributed by atoms with E-state index in [0.29, 0.717) is 25.3 Å². The van der Waals surface area contributed by atoms with Crippen LogP contribution in [0.5, 0.6) is 0 Å². The van der Waals surface area contributed by atoms with Crippen LogP contribution in [0.4, 0.5) is 0 Å². The van der Waals surface area contributed by atoms with Gasteiger partial charge in [0, 0.05) is 26.1 Å². The minimum absolute atomic E-state index is 0.0658. The molecule has 0 bridgehead atoms. The van der Waals surface area contributed by atoms with Crippen LogP contribution < -0.4 is 5.32 Å². The SMILES string of the molecule is [C-]#[N+]/C(C#N)=C1/NCCN1CCC(C)=O. The summed E-state index contributed by atoms with van der Waals surface area (Å²) in [5, 5.41) is 11.7. The van der Waals surface area contributed by atoms with E-state index in [1.54, 1.807) is 0 Å². The Hall–Kier alpha value is -2.01. The van der Waals surface area contributed by atoms with Crippen LogP contribution in [-0.2, 0) is 4.79 Å². The lowest BCUT2D eigenvalue weighted by Gasteiger charge is -2.18. The predicted molar refractivity (Wildman–Crippen MR) is 54.1 cm³/mol. The van der Waals surface area contributed by atoms with Crippen LogP contribution in [0.25, 0.3) is 4.85 Å². The molecule has 5 heteroatoms. The topological polar surface area (TPSA) is 60.5 Å². The minimum atomic E-state index is 0.0658. The largest absolute Gasteiger partial charge is 0.378 e. The van der Waals surface area contributed by atoms with Crippen molar-refractivity contribution in [3.63, 3.8) is 0 Å². The van der Waals surface area contributed by atoms with E-state index in [9.17, 15) is 4.79 Å². The van der Waals surface area contributed by atoms with Gasteiger partial charge in [-0.2, -0.15) is 0 Å². The molecule has 0 spiro atoms. The molecule has 0 saturated carbocycles. The van der Waals surface area contributed by atoms with Gasteiger partial charge in [-0.25, -0.2) is 10.1 Å². The summed E-state index contributed by atoms with van der Waals surface area (Å²) in [6.45, 7) is 10.4. The van der Waals surface area contributed by atoms with E-state index in [4.69, 9.17) is 11.8 Å². The Bertz CT molecular complexity index is 356. The molecule has 1 aliphatic heterocycles. The van der Waals surface area contributed by atoms with Crippen LogP contribution in [0, 0.1) is 17.9 Å². The van der Waals surface area contributed by atoms with Crippen molar-refractivity contribution in [3.05, 3.63) is 22.9 Å². The lowest BCUT2D eigenvalue weighted by Crippen LogP contribution is -2.23. The Labute approximate surface area is 88.8 Å². The number of carbonyl (C=O) groups excluding carboxylic acids is 1. The lowest BCUT2D eigenvalue weighted by atomic mass is 10.3.